The summed E-state index contributed by atoms with van der Waals surface area (Å²) in [6.07, 6.45) is 0. The molecule has 19 heavy (non-hydrogen) atoms. The Morgan fingerprint density at radius 3 is 2.58 bits per heavy atom. The SMILES string of the molecule is Fc1cccc(Cl)c1COc1c(Br)cccc1CBr. The van der Waals surface area contributed by atoms with Crippen molar-refractivity contribution in [3.05, 3.63) is 62.8 Å². The Kier molecular flexibility index (Phi) is 5.25. The van der Waals surface area contributed by atoms with Gasteiger partial charge in [0.2, 0.25) is 0 Å². The van der Waals surface area contributed by atoms with Gasteiger partial charge >= 0.3 is 0 Å². The Hall–Kier alpha value is -0.580. The predicted octanol–water partition coefficient (Wildman–Crippen LogP) is 5.72. The predicted molar refractivity (Wildman–Crippen MR) is 82.5 cm³/mol. The molecule has 100 valence electrons. The lowest BCUT2D eigenvalue weighted by Crippen LogP contribution is -2.01. The maximum Gasteiger partial charge on any atom is 0.138 e. The van der Waals surface area contributed by atoms with Crippen molar-refractivity contribution in [2.75, 3.05) is 0 Å². The second-order valence-electron chi connectivity index (χ2n) is 3.85. The van der Waals surface area contributed by atoms with E-state index in [9.17, 15) is 4.39 Å². The number of alkyl halides is 1. The summed E-state index contributed by atoms with van der Waals surface area (Å²) in [5.74, 6) is 0.332. The van der Waals surface area contributed by atoms with Crippen LogP contribution in [0, 0.1) is 5.82 Å². The zero-order chi connectivity index (χ0) is 13.8. The summed E-state index contributed by atoms with van der Waals surface area (Å²) in [4.78, 5) is 0. The lowest BCUT2D eigenvalue weighted by Gasteiger charge is -2.13. The molecule has 5 heteroatoms. The van der Waals surface area contributed by atoms with E-state index >= 15 is 0 Å². The summed E-state index contributed by atoms with van der Waals surface area (Å²) in [6, 6.07) is 10.3. The van der Waals surface area contributed by atoms with Crippen LogP contribution in [0.2, 0.25) is 5.02 Å². The first-order chi connectivity index (χ1) is 9.13. The quantitative estimate of drug-likeness (QED) is 0.589. The average molecular weight is 408 g/mol. The van der Waals surface area contributed by atoms with E-state index in [0.717, 1.165) is 10.0 Å². The molecule has 2 aromatic rings. The minimum absolute atomic E-state index is 0.0914. The van der Waals surface area contributed by atoms with Gasteiger partial charge in [0.1, 0.15) is 18.2 Å². The number of rotatable bonds is 4. The maximum atomic E-state index is 13.7. The third kappa shape index (κ3) is 3.50. The lowest BCUT2D eigenvalue weighted by atomic mass is 10.2. The van der Waals surface area contributed by atoms with Gasteiger partial charge in [-0.25, -0.2) is 4.39 Å². The van der Waals surface area contributed by atoms with Gasteiger partial charge in [-0.3, -0.25) is 0 Å². The minimum atomic E-state index is -0.361. The summed E-state index contributed by atoms with van der Waals surface area (Å²) >= 11 is 12.8. The third-order valence-corrected chi connectivity index (χ3v) is 4.20. The molecule has 0 bridgehead atoms. The molecular formula is C14H10Br2ClFO. The van der Waals surface area contributed by atoms with E-state index < -0.39 is 0 Å². The van der Waals surface area contributed by atoms with Crippen LogP contribution >= 0.6 is 43.5 Å². The molecule has 0 fully saturated rings. The normalized spacial score (nSPS) is 10.5. The molecular weight excluding hydrogens is 398 g/mol. The largest absolute Gasteiger partial charge is 0.487 e. The zero-order valence-corrected chi connectivity index (χ0v) is 13.7. The van der Waals surface area contributed by atoms with Crippen LogP contribution in [-0.4, -0.2) is 0 Å². The fraction of sp³-hybridized carbons (Fsp3) is 0.143. The van der Waals surface area contributed by atoms with Crippen molar-refractivity contribution >= 4 is 43.5 Å². The van der Waals surface area contributed by atoms with Gasteiger partial charge in [-0.15, -0.1) is 0 Å². The van der Waals surface area contributed by atoms with Crippen molar-refractivity contribution in [1.29, 1.82) is 0 Å². The monoisotopic (exact) mass is 406 g/mol. The number of para-hydroxylation sites is 1. The molecule has 2 aromatic carbocycles. The van der Waals surface area contributed by atoms with Crippen LogP contribution in [0.3, 0.4) is 0 Å². The van der Waals surface area contributed by atoms with Gasteiger partial charge in [-0.1, -0.05) is 45.7 Å². The smallest absolute Gasteiger partial charge is 0.138 e. The van der Waals surface area contributed by atoms with Crippen LogP contribution in [0.1, 0.15) is 11.1 Å². The number of hydrogen-bond donors (Lipinski definition) is 0. The number of benzene rings is 2. The molecule has 0 aliphatic heterocycles. The molecule has 0 aromatic heterocycles. The van der Waals surface area contributed by atoms with Crippen molar-refractivity contribution in [2.24, 2.45) is 0 Å². The van der Waals surface area contributed by atoms with Gasteiger partial charge in [0, 0.05) is 16.5 Å². The summed E-state index contributed by atoms with van der Waals surface area (Å²) in [5, 5.41) is 1.03. The Labute approximate surface area is 133 Å². The lowest BCUT2D eigenvalue weighted by molar-refractivity contribution is 0.296. The first-order valence-corrected chi connectivity index (χ1v) is 7.81. The second kappa shape index (κ2) is 6.73. The van der Waals surface area contributed by atoms with E-state index in [4.69, 9.17) is 16.3 Å². The van der Waals surface area contributed by atoms with Crippen LogP contribution < -0.4 is 4.74 Å². The maximum absolute atomic E-state index is 13.7. The van der Waals surface area contributed by atoms with Crippen LogP contribution in [-0.2, 0) is 11.9 Å². The van der Waals surface area contributed by atoms with Crippen LogP contribution in [0.25, 0.3) is 0 Å². The molecule has 0 radical (unpaired) electrons. The van der Waals surface area contributed by atoms with Crippen molar-refractivity contribution < 1.29 is 9.13 Å². The van der Waals surface area contributed by atoms with Crippen molar-refractivity contribution in [1.82, 2.24) is 0 Å². The Bertz CT molecular complexity index is 569. The standard InChI is InChI=1S/C14H10Br2ClFO/c15-7-9-3-1-4-11(16)14(9)19-8-10-12(17)5-2-6-13(10)18/h1-6H,7-8H2. The summed E-state index contributed by atoms with van der Waals surface area (Å²) < 4.78 is 20.2. The molecule has 0 aliphatic rings. The van der Waals surface area contributed by atoms with E-state index in [1.807, 2.05) is 18.2 Å². The van der Waals surface area contributed by atoms with Crippen molar-refractivity contribution in [2.45, 2.75) is 11.9 Å². The highest BCUT2D eigenvalue weighted by Gasteiger charge is 2.11. The topological polar surface area (TPSA) is 9.23 Å². The summed E-state index contributed by atoms with van der Waals surface area (Å²) in [7, 11) is 0. The minimum Gasteiger partial charge on any atom is -0.487 e. The molecule has 2 rings (SSSR count). The van der Waals surface area contributed by atoms with Crippen LogP contribution in [0.5, 0.6) is 5.75 Å². The molecule has 0 atom stereocenters. The summed E-state index contributed by atoms with van der Waals surface area (Å²) in [5.41, 5.74) is 1.35. The fourth-order valence-electron chi connectivity index (χ4n) is 1.63. The molecule has 0 amide bonds. The number of ether oxygens (including phenoxy) is 1. The Morgan fingerprint density at radius 1 is 1.16 bits per heavy atom. The Morgan fingerprint density at radius 2 is 1.89 bits per heavy atom. The average Bonchev–Trinajstić information content (AvgIpc) is 2.39. The molecule has 0 N–H and O–H groups in total. The molecule has 0 aliphatic carbocycles. The van der Waals surface area contributed by atoms with Crippen LogP contribution in [0.4, 0.5) is 4.39 Å². The first kappa shape index (κ1) is 14.8. The zero-order valence-electron chi connectivity index (χ0n) is 9.80. The highest BCUT2D eigenvalue weighted by atomic mass is 79.9. The molecule has 0 saturated carbocycles. The van der Waals surface area contributed by atoms with Gasteiger partial charge in [0.05, 0.1) is 9.50 Å². The first-order valence-electron chi connectivity index (χ1n) is 5.52. The molecule has 0 saturated heterocycles. The van der Waals surface area contributed by atoms with E-state index in [0.29, 0.717) is 21.7 Å². The van der Waals surface area contributed by atoms with E-state index in [2.05, 4.69) is 31.9 Å². The highest BCUT2D eigenvalue weighted by Crippen LogP contribution is 2.32. The van der Waals surface area contributed by atoms with Crippen LogP contribution in [0.15, 0.2) is 40.9 Å². The van der Waals surface area contributed by atoms with Gasteiger partial charge in [0.15, 0.2) is 0 Å². The fourth-order valence-corrected chi connectivity index (χ4v) is 2.82. The molecule has 1 nitrogen and oxygen atoms in total. The van der Waals surface area contributed by atoms with Gasteiger partial charge < -0.3 is 4.74 Å². The van der Waals surface area contributed by atoms with Gasteiger partial charge in [-0.05, 0) is 34.1 Å². The molecule has 0 unspecified atom stereocenters. The van der Waals surface area contributed by atoms with E-state index in [1.165, 1.54) is 6.07 Å². The number of halogens is 4. The van der Waals surface area contributed by atoms with Gasteiger partial charge in [0.25, 0.3) is 0 Å². The van der Waals surface area contributed by atoms with E-state index in [1.54, 1.807) is 12.1 Å². The van der Waals surface area contributed by atoms with Crippen molar-refractivity contribution in [3.8, 4) is 5.75 Å². The third-order valence-electron chi connectivity index (χ3n) is 2.62. The summed E-state index contributed by atoms with van der Waals surface area (Å²) in [6.45, 7) is 0.0914. The molecule has 0 heterocycles. The van der Waals surface area contributed by atoms with Crippen molar-refractivity contribution in [3.63, 3.8) is 0 Å². The highest BCUT2D eigenvalue weighted by molar-refractivity contribution is 9.10. The second-order valence-corrected chi connectivity index (χ2v) is 5.67. The Balaban J connectivity index is 2.24. The van der Waals surface area contributed by atoms with Gasteiger partial charge in [-0.2, -0.15) is 0 Å². The van der Waals surface area contributed by atoms with E-state index in [-0.39, 0.29) is 12.4 Å². The molecule has 0 spiro atoms. The number of hydrogen-bond acceptors (Lipinski definition) is 1.